The lowest BCUT2D eigenvalue weighted by Crippen LogP contribution is -2.45. The van der Waals surface area contributed by atoms with Crippen LogP contribution in [0.25, 0.3) is 0 Å². The van der Waals surface area contributed by atoms with E-state index in [1.165, 1.54) is 12.7 Å². The number of carbonyl (C=O) groups is 1. The molecule has 1 aromatic carbocycles. The second-order valence-corrected chi connectivity index (χ2v) is 5.22. The van der Waals surface area contributed by atoms with Crippen LogP contribution in [0.3, 0.4) is 0 Å². The Bertz CT molecular complexity index is 425. The monoisotopic (exact) mass is 278 g/mol. The standard InChI is InChI=1S/C15H22N2O3/c1-20-11-15(19)16-13-6-8-17(9-7-13)10-12-2-4-14(18)5-3-12/h2-5,13,18H,6-11H2,1H3,(H,16,19). The maximum absolute atomic E-state index is 11.4. The van der Waals surface area contributed by atoms with Gasteiger partial charge in [0.2, 0.25) is 5.91 Å². The van der Waals surface area contributed by atoms with Gasteiger partial charge in [0, 0.05) is 32.8 Å². The maximum Gasteiger partial charge on any atom is 0.246 e. The van der Waals surface area contributed by atoms with E-state index in [2.05, 4.69) is 10.2 Å². The molecule has 0 atom stereocenters. The Kier molecular flexibility index (Phi) is 5.38. The fourth-order valence-electron chi connectivity index (χ4n) is 2.50. The molecule has 0 saturated carbocycles. The first-order chi connectivity index (χ1) is 9.67. The number of likely N-dealkylation sites (tertiary alicyclic amines) is 1. The summed E-state index contributed by atoms with van der Waals surface area (Å²) in [6.45, 7) is 2.96. The van der Waals surface area contributed by atoms with E-state index in [0.717, 1.165) is 32.5 Å². The molecule has 2 N–H and O–H groups in total. The lowest BCUT2D eigenvalue weighted by Gasteiger charge is -2.32. The third-order valence-corrected chi connectivity index (χ3v) is 3.57. The number of carbonyl (C=O) groups excluding carboxylic acids is 1. The number of piperidine rings is 1. The van der Waals surface area contributed by atoms with Gasteiger partial charge in [-0.25, -0.2) is 0 Å². The molecule has 0 radical (unpaired) electrons. The molecular formula is C15H22N2O3. The topological polar surface area (TPSA) is 61.8 Å². The molecule has 1 aromatic rings. The molecule has 1 heterocycles. The van der Waals surface area contributed by atoms with Gasteiger partial charge in [0.1, 0.15) is 12.4 Å². The van der Waals surface area contributed by atoms with Crippen molar-refractivity contribution in [3.63, 3.8) is 0 Å². The van der Waals surface area contributed by atoms with Gasteiger partial charge >= 0.3 is 0 Å². The molecule has 20 heavy (non-hydrogen) atoms. The first-order valence-corrected chi connectivity index (χ1v) is 6.96. The van der Waals surface area contributed by atoms with Gasteiger partial charge in [0.25, 0.3) is 0 Å². The minimum absolute atomic E-state index is 0.0375. The van der Waals surface area contributed by atoms with Crippen LogP contribution < -0.4 is 5.32 Å². The summed E-state index contributed by atoms with van der Waals surface area (Å²) >= 11 is 0. The zero-order valence-corrected chi connectivity index (χ0v) is 11.8. The Morgan fingerprint density at radius 2 is 2.00 bits per heavy atom. The number of methoxy groups -OCH3 is 1. The van der Waals surface area contributed by atoms with Crippen LogP contribution in [0.5, 0.6) is 5.75 Å². The highest BCUT2D eigenvalue weighted by molar-refractivity contribution is 5.77. The zero-order valence-electron chi connectivity index (χ0n) is 11.8. The number of hydrogen-bond donors (Lipinski definition) is 2. The van der Waals surface area contributed by atoms with E-state index in [4.69, 9.17) is 4.74 Å². The molecule has 110 valence electrons. The molecule has 0 unspecified atom stereocenters. The Balaban J connectivity index is 1.74. The first-order valence-electron chi connectivity index (χ1n) is 6.96. The first kappa shape index (κ1) is 14.8. The summed E-state index contributed by atoms with van der Waals surface area (Å²) in [5, 5.41) is 12.2. The molecule has 1 saturated heterocycles. The highest BCUT2D eigenvalue weighted by Gasteiger charge is 2.20. The molecular weight excluding hydrogens is 256 g/mol. The number of amides is 1. The molecule has 1 aliphatic heterocycles. The third-order valence-electron chi connectivity index (χ3n) is 3.57. The van der Waals surface area contributed by atoms with E-state index in [1.807, 2.05) is 12.1 Å². The summed E-state index contributed by atoms with van der Waals surface area (Å²) in [6.07, 6.45) is 1.93. The van der Waals surface area contributed by atoms with E-state index in [-0.39, 0.29) is 18.6 Å². The fourth-order valence-corrected chi connectivity index (χ4v) is 2.50. The van der Waals surface area contributed by atoms with Gasteiger partial charge in [-0.05, 0) is 30.5 Å². The van der Waals surface area contributed by atoms with Crippen molar-refractivity contribution in [2.24, 2.45) is 0 Å². The number of rotatable bonds is 5. The molecule has 2 rings (SSSR count). The van der Waals surface area contributed by atoms with Gasteiger partial charge in [-0.1, -0.05) is 12.1 Å². The van der Waals surface area contributed by atoms with Gasteiger partial charge in [0.05, 0.1) is 0 Å². The second-order valence-electron chi connectivity index (χ2n) is 5.22. The van der Waals surface area contributed by atoms with Crippen molar-refractivity contribution in [3.8, 4) is 5.75 Å². The molecule has 5 nitrogen and oxygen atoms in total. The van der Waals surface area contributed by atoms with Gasteiger partial charge in [-0.3, -0.25) is 9.69 Å². The molecule has 0 aromatic heterocycles. The molecule has 0 aliphatic carbocycles. The average Bonchev–Trinajstić information content (AvgIpc) is 2.44. The Labute approximate surface area is 119 Å². The Hall–Kier alpha value is -1.59. The smallest absolute Gasteiger partial charge is 0.246 e. The zero-order chi connectivity index (χ0) is 14.4. The lowest BCUT2D eigenvalue weighted by molar-refractivity contribution is -0.125. The predicted molar refractivity (Wildman–Crippen MR) is 76.4 cm³/mol. The van der Waals surface area contributed by atoms with Crippen molar-refractivity contribution in [2.75, 3.05) is 26.8 Å². The molecule has 1 amide bonds. The van der Waals surface area contributed by atoms with Crippen molar-refractivity contribution in [2.45, 2.75) is 25.4 Å². The SMILES string of the molecule is COCC(=O)NC1CCN(Cc2ccc(O)cc2)CC1. The van der Waals surface area contributed by atoms with Crippen LogP contribution in [-0.4, -0.2) is 48.8 Å². The Morgan fingerprint density at radius 3 is 2.60 bits per heavy atom. The highest BCUT2D eigenvalue weighted by Crippen LogP contribution is 2.16. The summed E-state index contributed by atoms with van der Waals surface area (Å²) in [7, 11) is 1.53. The van der Waals surface area contributed by atoms with Gasteiger partial charge in [0.15, 0.2) is 0 Å². The van der Waals surface area contributed by atoms with Crippen molar-refractivity contribution in [3.05, 3.63) is 29.8 Å². The van der Waals surface area contributed by atoms with Crippen molar-refractivity contribution < 1.29 is 14.6 Å². The fraction of sp³-hybridized carbons (Fsp3) is 0.533. The Morgan fingerprint density at radius 1 is 1.35 bits per heavy atom. The number of nitrogens with zero attached hydrogens (tertiary/aromatic N) is 1. The molecule has 0 bridgehead atoms. The van der Waals surface area contributed by atoms with Crippen LogP contribution in [0.4, 0.5) is 0 Å². The van der Waals surface area contributed by atoms with Crippen molar-refractivity contribution >= 4 is 5.91 Å². The maximum atomic E-state index is 11.4. The summed E-state index contributed by atoms with van der Waals surface area (Å²) in [5.41, 5.74) is 1.20. The minimum atomic E-state index is -0.0375. The summed E-state index contributed by atoms with van der Waals surface area (Å²) in [5.74, 6) is 0.262. The van der Waals surface area contributed by atoms with E-state index in [9.17, 15) is 9.90 Å². The van der Waals surface area contributed by atoms with Crippen molar-refractivity contribution in [1.82, 2.24) is 10.2 Å². The average molecular weight is 278 g/mol. The number of aromatic hydroxyl groups is 1. The number of nitrogens with one attached hydrogen (secondary N) is 1. The molecule has 5 heteroatoms. The van der Waals surface area contributed by atoms with Crippen LogP contribution >= 0.6 is 0 Å². The number of phenols is 1. The van der Waals surface area contributed by atoms with E-state index in [0.29, 0.717) is 5.75 Å². The highest BCUT2D eigenvalue weighted by atomic mass is 16.5. The number of ether oxygens (including phenoxy) is 1. The molecule has 1 aliphatic rings. The van der Waals surface area contributed by atoms with E-state index < -0.39 is 0 Å². The number of hydrogen-bond acceptors (Lipinski definition) is 4. The van der Waals surface area contributed by atoms with Crippen LogP contribution in [0.1, 0.15) is 18.4 Å². The quantitative estimate of drug-likeness (QED) is 0.847. The van der Waals surface area contributed by atoms with Crippen LogP contribution in [0, 0.1) is 0 Å². The molecule has 1 fully saturated rings. The van der Waals surface area contributed by atoms with E-state index in [1.54, 1.807) is 12.1 Å². The van der Waals surface area contributed by atoms with Crippen LogP contribution in [-0.2, 0) is 16.1 Å². The minimum Gasteiger partial charge on any atom is -0.508 e. The van der Waals surface area contributed by atoms with Gasteiger partial charge < -0.3 is 15.2 Å². The largest absolute Gasteiger partial charge is 0.508 e. The lowest BCUT2D eigenvalue weighted by atomic mass is 10.0. The predicted octanol–water partition coefficient (Wildman–Crippen LogP) is 1.12. The summed E-state index contributed by atoms with van der Waals surface area (Å²) < 4.78 is 4.81. The van der Waals surface area contributed by atoms with Crippen LogP contribution in [0.15, 0.2) is 24.3 Å². The van der Waals surface area contributed by atoms with Crippen molar-refractivity contribution in [1.29, 1.82) is 0 Å². The second kappa shape index (κ2) is 7.26. The van der Waals surface area contributed by atoms with Gasteiger partial charge in [-0.2, -0.15) is 0 Å². The molecule has 0 spiro atoms. The summed E-state index contributed by atoms with van der Waals surface area (Å²) in [4.78, 5) is 13.8. The normalized spacial score (nSPS) is 17.1. The van der Waals surface area contributed by atoms with E-state index >= 15 is 0 Å². The van der Waals surface area contributed by atoms with Crippen LogP contribution in [0.2, 0.25) is 0 Å². The summed E-state index contributed by atoms with van der Waals surface area (Å²) in [6, 6.07) is 7.58. The number of benzene rings is 1. The third kappa shape index (κ3) is 4.51. The van der Waals surface area contributed by atoms with Gasteiger partial charge in [-0.15, -0.1) is 0 Å². The number of phenolic OH excluding ortho intramolecular Hbond substituents is 1.